The van der Waals surface area contributed by atoms with Gasteiger partial charge in [-0.15, -0.1) is 11.6 Å². The lowest BCUT2D eigenvalue weighted by atomic mass is 9.83. The molecule has 1 N–H and O–H groups in total. The summed E-state index contributed by atoms with van der Waals surface area (Å²) in [6.45, 7) is 7.16. The van der Waals surface area contributed by atoms with Gasteiger partial charge in [0.15, 0.2) is 0 Å². The van der Waals surface area contributed by atoms with Crippen LogP contribution in [0.25, 0.3) is 0 Å². The first-order valence-electron chi connectivity index (χ1n) is 7.87. The highest BCUT2D eigenvalue weighted by atomic mass is 35.5. The average molecular weight is 308 g/mol. The lowest BCUT2D eigenvalue weighted by molar-refractivity contribution is 0.0942. The highest BCUT2D eigenvalue weighted by molar-refractivity contribution is 6.18. The van der Waals surface area contributed by atoms with E-state index >= 15 is 0 Å². The third-order valence-electron chi connectivity index (χ3n) is 4.52. The fraction of sp³-hybridized carbons (Fsp3) is 0.611. The van der Waals surface area contributed by atoms with Crippen molar-refractivity contribution in [1.82, 2.24) is 5.32 Å². The summed E-state index contributed by atoms with van der Waals surface area (Å²) in [5.41, 5.74) is 1.87. The van der Waals surface area contributed by atoms with Crippen molar-refractivity contribution >= 4 is 17.5 Å². The van der Waals surface area contributed by atoms with E-state index in [4.69, 9.17) is 11.6 Å². The number of carbonyl (C=O) groups excluding carboxylic acids is 1. The largest absolute Gasteiger partial charge is 0.352 e. The zero-order valence-corrected chi connectivity index (χ0v) is 14.0. The molecule has 0 aromatic heterocycles. The van der Waals surface area contributed by atoms with Gasteiger partial charge in [0.25, 0.3) is 5.91 Å². The van der Waals surface area contributed by atoms with Gasteiger partial charge in [-0.05, 0) is 41.7 Å². The second kappa shape index (κ2) is 6.83. The van der Waals surface area contributed by atoms with E-state index in [9.17, 15) is 4.79 Å². The van der Waals surface area contributed by atoms with Gasteiger partial charge in [-0.2, -0.15) is 0 Å². The second-order valence-electron chi connectivity index (χ2n) is 7.11. The third-order valence-corrected chi connectivity index (χ3v) is 4.92. The van der Waals surface area contributed by atoms with Crippen LogP contribution in [-0.2, 0) is 5.41 Å². The quantitative estimate of drug-likeness (QED) is 0.822. The Bertz CT molecular complexity index is 492. The van der Waals surface area contributed by atoms with E-state index < -0.39 is 0 Å². The number of amides is 1. The monoisotopic (exact) mass is 307 g/mol. The molecule has 2 atom stereocenters. The minimum absolute atomic E-state index is 0.0278. The zero-order valence-electron chi connectivity index (χ0n) is 13.3. The molecule has 116 valence electrons. The number of hydrogen-bond acceptors (Lipinski definition) is 1. The van der Waals surface area contributed by atoms with E-state index in [1.54, 1.807) is 0 Å². The Labute approximate surface area is 133 Å². The lowest BCUT2D eigenvalue weighted by Crippen LogP contribution is -2.32. The van der Waals surface area contributed by atoms with E-state index in [-0.39, 0.29) is 11.3 Å². The smallest absolute Gasteiger partial charge is 0.251 e. The summed E-state index contributed by atoms with van der Waals surface area (Å²) >= 11 is 6.01. The summed E-state index contributed by atoms with van der Waals surface area (Å²) < 4.78 is 0. The number of alkyl halides is 1. The Morgan fingerprint density at radius 2 is 1.90 bits per heavy atom. The third kappa shape index (κ3) is 4.00. The van der Waals surface area contributed by atoms with Gasteiger partial charge in [0.1, 0.15) is 0 Å². The highest BCUT2D eigenvalue weighted by Crippen LogP contribution is 2.32. The van der Waals surface area contributed by atoms with Crippen molar-refractivity contribution in [2.45, 2.75) is 45.4 Å². The van der Waals surface area contributed by atoms with E-state index in [1.807, 2.05) is 24.3 Å². The van der Waals surface area contributed by atoms with Crippen molar-refractivity contribution in [2.24, 2.45) is 11.8 Å². The topological polar surface area (TPSA) is 29.1 Å². The average Bonchev–Trinajstić information content (AvgIpc) is 2.91. The van der Waals surface area contributed by atoms with Gasteiger partial charge in [-0.25, -0.2) is 0 Å². The SMILES string of the molecule is CC(C)(C)c1ccccc1C(=O)NCC1CCCC1CCl. The molecule has 21 heavy (non-hydrogen) atoms. The molecule has 1 saturated carbocycles. The molecule has 1 aliphatic carbocycles. The fourth-order valence-electron chi connectivity index (χ4n) is 3.24. The molecule has 0 saturated heterocycles. The van der Waals surface area contributed by atoms with E-state index in [1.165, 1.54) is 19.3 Å². The minimum Gasteiger partial charge on any atom is -0.352 e. The number of rotatable bonds is 4. The molecular weight excluding hydrogens is 282 g/mol. The first kappa shape index (κ1) is 16.4. The second-order valence-corrected chi connectivity index (χ2v) is 7.42. The van der Waals surface area contributed by atoms with Gasteiger partial charge in [0.2, 0.25) is 0 Å². The minimum atomic E-state index is -0.0278. The summed E-state index contributed by atoms with van der Waals surface area (Å²) in [5, 5.41) is 3.12. The van der Waals surface area contributed by atoms with Crippen LogP contribution in [0, 0.1) is 11.8 Å². The molecule has 1 aliphatic rings. The highest BCUT2D eigenvalue weighted by Gasteiger charge is 2.27. The summed E-state index contributed by atoms with van der Waals surface area (Å²) in [7, 11) is 0. The summed E-state index contributed by atoms with van der Waals surface area (Å²) in [5.74, 6) is 1.85. The Morgan fingerprint density at radius 3 is 2.57 bits per heavy atom. The molecule has 1 aromatic rings. The summed E-state index contributed by atoms with van der Waals surface area (Å²) in [4.78, 5) is 12.5. The van der Waals surface area contributed by atoms with Crippen LogP contribution in [0.1, 0.15) is 56.0 Å². The summed E-state index contributed by atoms with van der Waals surface area (Å²) in [6.07, 6.45) is 3.61. The van der Waals surface area contributed by atoms with E-state index in [2.05, 4.69) is 26.1 Å². The first-order valence-corrected chi connectivity index (χ1v) is 8.40. The molecular formula is C18H26ClNO. The van der Waals surface area contributed by atoms with E-state index in [0.717, 1.165) is 17.7 Å². The maximum atomic E-state index is 12.5. The number of halogens is 1. The van der Waals surface area contributed by atoms with Crippen molar-refractivity contribution in [1.29, 1.82) is 0 Å². The Kier molecular flexibility index (Phi) is 5.32. The van der Waals surface area contributed by atoms with Crippen LogP contribution < -0.4 is 5.32 Å². The summed E-state index contributed by atoms with van der Waals surface area (Å²) in [6, 6.07) is 7.90. The molecule has 0 bridgehead atoms. The number of nitrogens with one attached hydrogen (secondary N) is 1. The van der Waals surface area contributed by atoms with Crippen LogP contribution in [-0.4, -0.2) is 18.3 Å². The van der Waals surface area contributed by atoms with Crippen LogP contribution in [0.15, 0.2) is 24.3 Å². The molecule has 0 spiro atoms. The van der Waals surface area contributed by atoms with Gasteiger partial charge < -0.3 is 5.32 Å². The number of hydrogen-bond donors (Lipinski definition) is 1. The molecule has 1 amide bonds. The van der Waals surface area contributed by atoms with Crippen LogP contribution >= 0.6 is 11.6 Å². The first-order chi connectivity index (χ1) is 9.93. The van der Waals surface area contributed by atoms with Gasteiger partial charge >= 0.3 is 0 Å². The van der Waals surface area contributed by atoms with Gasteiger partial charge in [-0.3, -0.25) is 4.79 Å². The Morgan fingerprint density at radius 1 is 1.24 bits per heavy atom. The van der Waals surface area contributed by atoms with Gasteiger partial charge in [0.05, 0.1) is 0 Å². The molecule has 0 heterocycles. The van der Waals surface area contributed by atoms with E-state index in [0.29, 0.717) is 17.7 Å². The molecule has 2 nitrogen and oxygen atoms in total. The molecule has 3 heteroatoms. The number of benzene rings is 1. The predicted molar refractivity (Wildman–Crippen MR) is 89.0 cm³/mol. The van der Waals surface area contributed by atoms with Crippen LogP contribution in [0.4, 0.5) is 0 Å². The molecule has 0 radical (unpaired) electrons. The maximum Gasteiger partial charge on any atom is 0.251 e. The molecule has 1 fully saturated rings. The predicted octanol–water partition coefficient (Wildman–Crippen LogP) is 4.37. The van der Waals surface area contributed by atoms with Crippen LogP contribution in [0.2, 0.25) is 0 Å². The molecule has 0 aliphatic heterocycles. The van der Waals surface area contributed by atoms with Crippen LogP contribution in [0.5, 0.6) is 0 Å². The van der Waals surface area contributed by atoms with Gasteiger partial charge in [-0.1, -0.05) is 45.4 Å². The van der Waals surface area contributed by atoms with Gasteiger partial charge in [0, 0.05) is 18.0 Å². The zero-order chi connectivity index (χ0) is 15.5. The molecule has 1 aromatic carbocycles. The molecule has 2 rings (SSSR count). The Balaban J connectivity index is 2.04. The van der Waals surface area contributed by atoms with Crippen molar-refractivity contribution < 1.29 is 4.79 Å². The standard InChI is InChI=1S/C18H26ClNO/c1-18(2,3)16-10-5-4-9-15(16)17(21)20-12-14-8-6-7-13(14)11-19/h4-5,9-10,13-14H,6-8,11-12H2,1-3H3,(H,20,21). The van der Waals surface area contributed by atoms with Crippen LogP contribution in [0.3, 0.4) is 0 Å². The number of carbonyl (C=O) groups is 1. The van der Waals surface area contributed by atoms with Crippen molar-refractivity contribution in [3.63, 3.8) is 0 Å². The Hall–Kier alpha value is -1.02. The van der Waals surface area contributed by atoms with Crippen molar-refractivity contribution in [3.8, 4) is 0 Å². The molecule has 2 unspecified atom stereocenters. The maximum absolute atomic E-state index is 12.5. The van der Waals surface area contributed by atoms with Crippen molar-refractivity contribution in [2.75, 3.05) is 12.4 Å². The fourth-order valence-corrected chi connectivity index (χ4v) is 3.65. The lowest BCUT2D eigenvalue weighted by Gasteiger charge is -2.23. The van der Waals surface area contributed by atoms with Crippen molar-refractivity contribution in [3.05, 3.63) is 35.4 Å². The normalized spacial score (nSPS) is 22.3.